The molecule has 7 nitrogen and oxygen atoms in total. The molecule has 0 spiro atoms. The summed E-state index contributed by atoms with van der Waals surface area (Å²) < 4.78 is 57.9. The number of halogens is 2. The molecule has 2 amide bonds. The molecule has 4 aromatic rings. The number of alkyl halides is 2. The van der Waals surface area contributed by atoms with Crippen LogP contribution in [0.3, 0.4) is 0 Å². The van der Waals surface area contributed by atoms with Crippen molar-refractivity contribution in [1.82, 2.24) is 5.32 Å². The van der Waals surface area contributed by atoms with Gasteiger partial charge in [0, 0.05) is 30.3 Å². The number of amides is 2. The standard InChI is InChI=1S/C36H38F2N2O5S/c1-24(2)22-25-4-8-29(9-5-25)33(23-26-6-10-30(11-7-26)34(41)39-20-21-46(43,44)45)35(42)40-32-18-14-28(15-19-32)27-12-16-31(17-13-27)36(3,37)38/h4-19,24,33H,20-23H2,1-3H3,(H,39,41)(H,40,42)(H,43,44,45). The summed E-state index contributed by atoms with van der Waals surface area (Å²) >= 11 is 0. The van der Waals surface area contributed by atoms with Gasteiger partial charge in [-0.05, 0) is 70.8 Å². The van der Waals surface area contributed by atoms with E-state index in [1.807, 2.05) is 36.4 Å². The smallest absolute Gasteiger partial charge is 0.270 e. The third-order valence-electron chi connectivity index (χ3n) is 7.52. The van der Waals surface area contributed by atoms with Crippen LogP contribution in [0.15, 0.2) is 97.1 Å². The molecule has 10 heteroatoms. The molecular weight excluding hydrogens is 610 g/mol. The van der Waals surface area contributed by atoms with E-state index in [1.54, 1.807) is 48.5 Å². The van der Waals surface area contributed by atoms with E-state index in [9.17, 15) is 26.8 Å². The highest BCUT2D eigenvalue weighted by Crippen LogP contribution is 2.30. The van der Waals surface area contributed by atoms with E-state index in [0.717, 1.165) is 35.6 Å². The van der Waals surface area contributed by atoms with Crippen molar-refractivity contribution in [3.63, 3.8) is 0 Å². The molecule has 0 aliphatic rings. The number of benzene rings is 4. The average Bonchev–Trinajstić information content (AvgIpc) is 3.00. The summed E-state index contributed by atoms with van der Waals surface area (Å²) in [4.78, 5) is 26.1. The van der Waals surface area contributed by atoms with Crippen molar-refractivity contribution in [2.45, 2.75) is 45.5 Å². The Balaban J connectivity index is 1.50. The molecule has 0 saturated carbocycles. The number of rotatable bonds is 13. The molecule has 0 radical (unpaired) electrons. The van der Waals surface area contributed by atoms with Crippen LogP contribution in [0, 0.1) is 5.92 Å². The number of carbonyl (C=O) groups is 2. The van der Waals surface area contributed by atoms with Crippen molar-refractivity contribution >= 4 is 27.6 Å². The highest BCUT2D eigenvalue weighted by atomic mass is 32.2. The lowest BCUT2D eigenvalue weighted by Crippen LogP contribution is -2.28. The minimum absolute atomic E-state index is 0.0583. The van der Waals surface area contributed by atoms with Crippen LogP contribution in [-0.2, 0) is 33.7 Å². The monoisotopic (exact) mass is 648 g/mol. The number of hydrogen-bond acceptors (Lipinski definition) is 4. The first-order valence-corrected chi connectivity index (χ1v) is 16.6. The van der Waals surface area contributed by atoms with Gasteiger partial charge in [-0.25, -0.2) is 8.78 Å². The fourth-order valence-corrected chi connectivity index (χ4v) is 5.43. The Hall–Kier alpha value is -4.41. The molecule has 0 aliphatic heterocycles. The van der Waals surface area contributed by atoms with Gasteiger partial charge < -0.3 is 10.6 Å². The number of anilines is 1. The van der Waals surface area contributed by atoms with Crippen LogP contribution in [-0.4, -0.2) is 37.1 Å². The first-order valence-electron chi connectivity index (χ1n) is 15.0. The second-order valence-corrected chi connectivity index (χ2v) is 13.4. The maximum absolute atomic E-state index is 13.7. The van der Waals surface area contributed by atoms with Crippen LogP contribution in [0.5, 0.6) is 0 Å². The van der Waals surface area contributed by atoms with Gasteiger partial charge in [-0.1, -0.05) is 86.6 Å². The van der Waals surface area contributed by atoms with Crippen molar-refractivity contribution < 1.29 is 31.3 Å². The second kappa shape index (κ2) is 14.8. The summed E-state index contributed by atoms with van der Waals surface area (Å²) in [5.74, 6) is -4.26. The summed E-state index contributed by atoms with van der Waals surface area (Å²) in [6.45, 7) is 4.93. The molecule has 0 heterocycles. The van der Waals surface area contributed by atoms with Crippen LogP contribution in [0.4, 0.5) is 14.5 Å². The predicted molar refractivity (Wildman–Crippen MR) is 177 cm³/mol. The van der Waals surface area contributed by atoms with Crippen molar-refractivity contribution in [2.24, 2.45) is 5.92 Å². The Morgan fingerprint density at radius 2 is 1.30 bits per heavy atom. The zero-order valence-electron chi connectivity index (χ0n) is 26.0. The van der Waals surface area contributed by atoms with Crippen LogP contribution in [0.1, 0.15) is 59.3 Å². The molecular formula is C36H38F2N2O5S. The molecule has 0 bridgehead atoms. The van der Waals surface area contributed by atoms with Crippen LogP contribution >= 0.6 is 0 Å². The van der Waals surface area contributed by atoms with E-state index < -0.39 is 33.6 Å². The van der Waals surface area contributed by atoms with E-state index >= 15 is 0 Å². The molecule has 46 heavy (non-hydrogen) atoms. The first kappa shape index (κ1) is 34.5. The lowest BCUT2D eigenvalue weighted by Gasteiger charge is -2.19. The first-order chi connectivity index (χ1) is 21.7. The summed E-state index contributed by atoms with van der Waals surface area (Å²) in [5, 5.41) is 5.46. The molecule has 242 valence electrons. The van der Waals surface area contributed by atoms with Gasteiger partial charge in [0.15, 0.2) is 0 Å². The Morgan fingerprint density at radius 3 is 1.83 bits per heavy atom. The highest BCUT2D eigenvalue weighted by Gasteiger charge is 2.24. The Kier molecular flexibility index (Phi) is 11.1. The van der Waals surface area contributed by atoms with Gasteiger partial charge in [-0.15, -0.1) is 0 Å². The van der Waals surface area contributed by atoms with Gasteiger partial charge in [-0.2, -0.15) is 8.42 Å². The maximum atomic E-state index is 13.7. The average molecular weight is 649 g/mol. The Labute approximate surface area is 268 Å². The molecule has 0 saturated heterocycles. The third-order valence-corrected chi connectivity index (χ3v) is 8.24. The zero-order valence-corrected chi connectivity index (χ0v) is 26.8. The fraction of sp³-hybridized carbons (Fsp3) is 0.278. The van der Waals surface area contributed by atoms with Crippen molar-refractivity contribution in [2.75, 3.05) is 17.6 Å². The number of carbonyl (C=O) groups excluding carboxylic acids is 2. The van der Waals surface area contributed by atoms with Gasteiger partial charge in [0.25, 0.3) is 21.9 Å². The van der Waals surface area contributed by atoms with Crippen LogP contribution in [0.25, 0.3) is 11.1 Å². The summed E-state index contributed by atoms with van der Waals surface area (Å²) in [6.07, 6.45) is 1.27. The molecule has 0 fully saturated rings. The molecule has 4 aromatic carbocycles. The summed E-state index contributed by atoms with van der Waals surface area (Å²) in [5.41, 5.74) is 5.27. The van der Waals surface area contributed by atoms with E-state index in [2.05, 4.69) is 24.5 Å². The fourth-order valence-electron chi connectivity index (χ4n) is 5.07. The molecule has 1 unspecified atom stereocenters. The molecule has 1 atom stereocenters. The normalized spacial score (nSPS) is 12.5. The lowest BCUT2D eigenvalue weighted by atomic mass is 9.89. The highest BCUT2D eigenvalue weighted by molar-refractivity contribution is 7.85. The molecule has 0 aromatic heterocycles. The van der Waals surface area contributed by atoms with E-state index in [4.69, 9.17) is 4.55 Å². The minimum atomic E-state index is -4.18. The quantitative estimate of drug-likeness (QED) is 0.132. The maximum Gasteiger partial charge on any atom is 0.270 e. The van der Waals surface area contributed by atoms with Gasteiger partial charge in [-0.3, -0.25) is 14.1 Å². The van der Waals surface area contributed by atoms with Crippen LogP contribution in [0.2, 0.25) is 0 Å². The van der Waals surface area contributed by atoms with Gasteiger partial charge in [0.05, 0.1) is 11.7 Å². The minimum Gasteiger partial charge on any atom is -0.351 e. The van der Waals surface area contributed by atoms with Gasteiger partial charge >= 0.3 is 0 Å². The van der Waals surface area contributed by atoms with Crippen LogP contribution < -0.4 is 10.6 Å². The zero-order chi connectivity index (χ0) is 33.5. The lowest BCUT2D eigenvalue weighted by molar-refractivity contribution is -0.117. The summed E-state index contributed by atoms with van der Waals surface area (Å²) in [7, 11) is -4.18. The van der Waals surface area contributed by atoms with Crippen molar-refractivity contribution in [3.8, 4) is 11.1 Å². The topological polar surface area (TPSA) is 113 Å². The van der Waals surface area contributed by atoms with E-state index in [-0.39, 0.29) is 18.0 Å². The van der Waals surface area contributed by atoms with Gasteiger partial charge in [0.1, 0.15) is 0 Å². The molecule has 4 rings (SSSR count). The third kappa shape index (κ3) is 10.1. The van der Waals surface area contributed by atoms with E-state index in [1.165, 1.54) is 17.7 Å². The van der Waals surface area contributed by atoms with E-state index in [0.29, 0.717) is 23.6 Å². The second-order valence-electron chi connectivity index (χ2n) is 11.9. The molecule has 0 aliphatic carbocycles. The Morgan fingerprint density at radius 1 is 0.783 bits per heavy atom. The predicted octanol–water partition coefficient (Wildman–Crippen LogP) is 7.25. The number of nitrogens with one attached hydrogen (secondary N) is 2. The van der Waals surface area contributed by atoms with Crippen molar-refractivity contribution in [3.05, 3.63) is 125 Å². The SMILES string of the molecule is CC(C)Cc1ccc(C(Cc2ccc(C(=O)NCCS(=O)(=O)O)cc2)C(=O)Nc2ccc(-c3ccc(C(C)(F)F)cc3)cc2)cc1. The van der Waals surface area contributed by atoms with Crippen molar-refractivity contribution in [1.29, 1.82) is 0 Å². The molecule has 3 N–H and O–H groups in total. The Bertz CT molecular complexity index is 1730. The van der Waals surface area contributed by atoms with Gasteiger partial charge in [0.2, 0.25) is 5.91 Å². The summed E-state index contributed by atoms with van der Waals surface area (Å²) in [6, 6.07) is 28.0. The number of hydrogen-bond donors (Lipinski definition) is 3. The largest absolute Gasteiger partial charge is 0.351 e.